The standard InChI is InChI=1S/C16H18N2O4S/c1-10(2)8-17-14(20)9-18-15(21)13(23-16(18)22)7-11-5-3-4-6-12(11)19/h3-7,10,19H,8-9H2,1-2H3,(H,17,20)/b13-7-. The van der Waals surface area contributed by atoms with E-state index < -0.39 is 11.1 Å². The van der Waals surface area contributed by atoms with E-state index in [1.54, 1.807) is 18.2 Å². The van der Waals surface area contributed by atoms with Gasteiger partial charge in [0.05, 0.1) is 4.91 Å². The van der Waals surface area contributed by atoms with Gasteiger partial charge in [-0.15, -0.1) is 0 Å². The summed E-state index contributed by atoms with van der Waals surface area (Å²) in [7, 11) is 0. The summed E-state index contributed by atoms with van der Waals surface area (Å²) in [5.41, 5.74) is 0.447. The van der Waals surface area contributed by atoms with E-state index in [1.807, 2.05) is 13.8 Å². The Morgan fingerprint density at radius 2 is 2.04 bits per heavy atom. The number of phenolic OH excluding ortho intramolecular Hbond substituents is 1. The molecule has 6 nitrogen and oxygen atoms in total. The smallest absolute Gasteiger partial charge is 0.294 e. The van der Waals surface area contributed by atoms with Gasteiger partial charge in [-0.2, -0.15) is 0 Å². The van der Waals surface area contributed by atoms with Crippen LogP contribution in [-0.2, 0) is 9.59 Å². The third-order valence-electron chi connectivity index (χ3n) is 3.11. The number of benzene rings is 1. The highest BCUT2D eigenvalue weighted by molar-refractivity contribution is 8.18. The van der Waals surface area contributed by atoms with Gasteiger partial charge in [0.1, 0.15) is 12.3 Å². The van der Waals surface area contributed by atoms with Crippen LogP contribution in [0.2, 0.25) is 0 Å². The number of hydrogen-bond donors (Lipinski definition) is 2. The zero-order valence-corrected chi connectivity index (χ0v) is 13.7. The summed E-state index contributed by atoms with van der Waals surface area (Å²) in [5.74, 6) is -0.587. The lowest BCUT2D eigenvalue weighted by atomic mass is 10.2. The second-order valence-electron chi connectivity index (χ2n) is 5.52. The van der Waals surface area contributed by atoms with Gasteiger partial charge in [0.25, 0.3) is 11.1 Å². The summed E-state index contributed by atoms with van der Waals surface area (Å²) < 4.78 is 0. The number of phenols is 1. The molecule has 0 atom stereocenters. The van der Waals surface area contributed by atoms with Gasteiger partial charge >= 0.3 is 0 Å². The monoisotopic (exact) mass is 334 g/mol. The Kier molecular flexibility index (Phi) is 5.44. The second kappa shape index (κ2) is 7.32. The van der Waals surface area contributed by atoms with Gasteiger partial charge in [0, 0.05) is 12.1 Å². The summed E-state index contributed by atoms with van der Waals surface area (Å²) in [6.45, 7) is 4.10. The Morgan fingerprint density at radius 1 is 1.35 bits per heavy atom. The molecule has 2 rings (SSSR count). The fourth-order valence-electron chi connectivity index (χ4n) is 1.90. The van der Waals surface area contributed by atoms with Crippen LogP contribution in [0.15, 0.2) is 29.2 Å². The number of hydrogen-bond acceptors (Lipinski definition) is 5. The van der Waals surface area contributed by atoms with Crippen LogP contribution in [0.4, 0.5) is 4.79 Å². The zero-order valence-electron chi connectivity index (χ0n) is 12.9. The van der Waals surface area contributed by atoms with Crippen molar-refractivity contribution in [2.24, 2.45) is 5.92 Å². The third-order valence-corrected chi connectivity index (χ3v) is 4.01. The third kappa shape index (κ3) is 4.35. The molecule has 0 aromatic heterocycles. The maximum Gasteiger partial charge on any atom is 0.294 e. The molecule has 3 amide bonds. The van der Waals surface area contributed by atoms with Crippen molar-refractivity contribution in [1.82, 2.24) is 10.2 Å². The first-order valence-electron chi connectivity index (χ1n) is 7.18. The number of amides is 3. The van der Waals surface area contributed by atoms with E-state index in [1.165, 1.54) is 12.1 Å². The minimum Gasteiger partial charge on any atom is -0.507 e. The molecule has 0 saturated carbocycles. The van der Waals surface area contributed by atoms with E-state index in [2.05, 4.69) is 5.32 Å². The van der Waals surface area contributed by atoms with Crippen LogP contribution in [0.1, 0.15) is 19.4 Å². The molecule has 0 spiro atoms. The van der Waals surface area contributed by atoms with Crippen LogP contribution < -0.4 is 5.32 Å². The van der Waals surface area contributed by atoms with Crippen LogP contribution >= 0.6 is 11.8 Å². The molecule has 1 saturated heterocycles. The Bertz CT molecular complexity index is 670. The van der Waals surface area contributed by atoms with Crippen molar-refractivity contribution in [3.05, 3.63) is 34.7 Å². The maximum absolute atomic E-state index is 12.3. The molecular weight excluding hydrogens is 316 g/mol. The van der Waals surface area contributed by atoms with Crippen LogP contribution in [0, 0.1) is 5.92 Å². The van der Waals surface area contributed by atoms with Crippen molar-refractivity contribution < 1.29 is 19.5 Å². The highest BCUT2D eigenvalue weighted by Crippen LogP contribution is 2.33. The molecule has 0 aliphatic carbocycles. The molecule has 2 N–H and O–H groups in total. The lowest BCUT2D eigenvalue weighted by molar-refractivity contribution is -0.129. The average Bonchev–Trinajstić information content (AvgIpc) is 2.75. The fraction of sp³-hybridized carbons (Fsp3) is 0.312. The number of nitrogens with one attached hydrogen (secondary N) is 1. The molecule has 1 aliphatic rings. The summed E-state index contributed by atoms with van der Waals surface area (Å²) in [6, 6.07) is 6.51. The van der Waals surface area contributed by atoms with Gasteiger partial charge in [0.2, 0.25) is 5.91 Å². The molecule has 7 heteroatoms. The van der Waals surface area contributed by atoms with Gasteiger partial charge in [-0.1, -0.05) is 32.0 Å². The zero-order chi connectivity index (χ0) is 17.0. The number of aromatic hydroxyl groups is 1. The Labute approximate surface area is 138 Å². The minimum atomic E-state index is -0.525. The number of para-hydroxylation sites is 1. The predicted molar refractivity (Wildman–Crippen MR) is 88.6 cm³/mol. The van der Waals surface area contributed by atoms with Crippen LogP contribution in [0.25, 0.3) is 6.08 Å². The van der Waals surface area contributed by atoms with Crippen molar-refractivity contribution in [1.29, 1.82) is 0 Å². The highest BCUT2D eigenvalue weighted by atomic mass is 32.2. The maximum atomic E-state index is 12.3. The summed E-state index contributed by atoms with van der Waals surface area (Å²) in [4.78, 5) is 37.1. The molecular formula is C16H18N2O4S. The number of nitrogens with zero attached hydrogens (tertiary/aromatic N) is 1. The molecule has 0 bridgehead atoms. The second-order valence-corrected chi connectivity index (χ2v) is 6.52. The highest BCUT2D eigenvalue weighted by Gasteiger charge is 2.36. The van der Waals surface area contributed by atoms with Crippen molar-refractivity contribution in [2.75, 3.05) is 13.1 Å². The SMILES string of the molecule is CC(C)CNC(=O)CN1C(=O)S/C(=C\c2ccccc2O)C1=O. The molecule has 1 aromatic carbocycles. The van der Waals surface area contributed by atoms with Gasteiger partial charge in [-0.3, -0.25) is 19.3 Å². The lowest BCUT2D eigenvalue weighted by Crippen LogP contribution is -2.40. The van der Waals surface area contributed by atoms with E-state index in [0.29, 0.717) is 12.1 Å². The van der Waals surface area contributed by atoms with Gasteiger partial charge in [0.15, 0.2) is 0 Å². The first kappa shape index (κ1) is 17.1. The van der Waals surface area contributed by atoms with Crippen molar-refractivity contribution in [3.63, 3.8) is 0 Å². The van der Waals surface area contributed by atoms with Crippen LogP contribution in [-0.4, -0.2) is 40.1 Å². The van der Waals surface area contributed by atoms with Gasteiger partial charge in [-0.05, 0) is 29.8 Å². The summed E-state index contributed by atoms with van der Waals surface area (Å²) in [5, 5.41) is 11.9. The summed E-state index contributed by atoms with van der Waals surface area (Å²) in [6.07, 6.45) is 1.45. The molecule has 0 unspecified atom stereocenters. The van der Waals surface area contributed by atoms with Crippen LogP contribution in [0.5, 0.6) is 5.75 Å². The van der Waals surface area contributed by atoms with Crippen molar-refractivity contribution in [2.45, 2.75) is 13.8 Å². The van der Waals surface area contributed by atoms with E-state index in [-0.39, 0.29) is 29.0 Å². The molecule has 1 fully saturated rings. The van der Waals surface area contributed by atoms with Gasteiger partial charge in [-0.25, -0.2) is 0 Å². The number of imide groups is 1. The number of thioether (sulfide) groups is 1. The van der Waals surface area contributed by atoms with Crippen molar-refractivity contribution in [3.8, 4) is 5.75 Å². The first-order chi connectivity index (χ1) is 10.9. The quantitative estimate of drug-likeness (QED) is 0.806. The lowest BCUT2D eigenvalue weighted by Gasteiger charge is -2.13. The minimum absolute atomic E-state index is 0.0222. The van der Waals surface area contributed by atoms with E-state index in [4.69, 9.17) is 0 Å². The molecule has 0 radical (unpaired) electrons. The number of carbonyl (C=O) groups is 3. The van der Waals surface area contributed by atoms with E-state index in [0.717, 1.165) is 16.7 Å². The van der Waals surface area contributed by atoms with Crippen LogP contribution in [0.3, 0.4) is 0 Å². The fourth-order valence-corrected chi connectivity index (χ4v) is 2.73. The predicted octanol–water partition coefficient (Wildman–Crippen LogP) is 2.20. The van der Waals surface area contributed by atoms with Gasteiger partial charge < -0.3 is 10.4 Å². The van der Waals surface area contributed by atoms with E-state index in [9.17, 15) is 19.5 Å². The average molecular weight is 334 g/mol. The normalized spacial score (nSPS) is 16.5. The first-order valence-corrected chi connectivity index (χ1v) is 8.00. The Morgan fingerprint density at radius 3 is 2.70 bits per heavy atom. The molecule has 122 valence electrons. The molecule has 1 aromatic rings. The molecule has 1 aliphatic heterocycles. The number of carbonyl (C=O) groups excluding carboxylic acids is 3. The van der Waals surface area contributed by atoms with E-state index >= 15 is 0 Å². The Hall–Kier alpha value is -2.28. The molecule has 1 heterocycles. The summed E-state index contributed by atoms with van der Waals surface area (Å²) >= 11 is 0.759. The number of rotatable bonds is 5. The van der Waals surface area contributed by atoms with Crippen molar-refractivity contribution >= 4 is 34.9 Å². The largest absolute Gasteiger partial charge is 0.507 e. The Balaban J connectivity index is 2.08. The molecule has 23 heavy (non-hydrogen) atoms. The topological polar surface area (TPSA) is 86.7 Å².